The summed E-state index contributed by atoms with van der Waals surface area (Å²) in [6.07, 6.45) is 11.6. The van der Waals surface area contributed by atoms with E-state index in [4.69, 9.17) is 10.5 Å². The molecular weight excluding hydrogens is 198 g/mol. The number of nitrogens with two attached hydrogens (primary N) is 1. The number of unbranched alkanes of at least 4 members (excludes halogenated alkanes) is 6. The topological polar surface area (TPSA) is 35.2 Å². The van der Waals surface area contributed by atoms with Crippen LogP contribution in [0.5, 0.6) is 0 Å². The third kappa shape index (κ3) is 10.4. The van der Waals surface area contributed by atoms with Crippen LogP contribution < -0.4 is 5.73 Å². The molecule has 0 rings (SSSR count). The van der Waals surface area contributed by atoms with E-state index in [2.05, 4.69) is 13.8 Å². The number of hydrogen-bond donors (Lipinski definition) is 1. The highest BCUT2D eigenvalue weighted by Crippen LogP contribution is 2.17. The van der Waals surface area contributed by atoms with Gasteiger partial charge in [-0.3, -0.25) is 0 Å². The van der Waals surface area contributed by atoms with E-state index in [0.717, 1.165) is 19.4 Å². The lowest BCUT2D eigenvalue weighted by atomic mass is 9.92. The number of rotatable bonds is 11. The molecule has 2 heteroatoms. The van der Waals surface area contributed by atoms with Crippen molar-refractivity contribution in [1.82, 2.24) is 0 Å². The van der Waals surface area contributed by atoms with E-state index in [0.29, 0.717) is 0 Å². The van der Waals surface area contributed by atoms with Crippen LogP contribution in [0.15, 0.2) is 0 Å². The highest BCUT2D eigenvalue weighted by molar-refractivity contribution is 4.77. The minimum absolute atomic E-state index is 0.0283. The molecule has 0 aromatic rings. The van der Waals surface area contributed by atoms with E-state index in [-0.39, 0.29) is 5.54 Å². The Labute approximate surface area is 102 Å². The largest absolute Gasteiger partial charge is 0.385 e. The Bertz CT molecular complexity index is 146. The van der Waals surface area contributed by atoms with Crippen molar-refractivity contribution in [1.29, 1.82) is 0 Å². The van der Waals surface area contributed by atoms with Gasteiger partial charge in [0.05, 0.1) is 0 Å². The maximum Gasteiger partial charge on any atom is 0.0479 e. The molecule has 0 fully saturated rings. The van der Waals surface area contributed by atoms with Gasteiger partial charge < -0.3 is 10.5 Å². The summed E-state index contributed by atoms with van der Waals surface area (Å²) in [5, 5.41) is 0. The van der Waals surface area contributed by atoms with Crippen LogP contribution in [0.4, 0.5) is 0 Å². The lowest BCUT2D eigenvalue weighted by Crippen LogP contribution is -2.37. The van der Waals surface area contributed by atoms with Gasteiger partial charge in [-0.2, -0.15) is 0 Å². The Balaban J connectivity index is 3.29. The van der Waals surface area contributed by atoms with Crippen LogP contribution in [0.25, 0.3) is 0 Å². The first-order chi connectivity index (χ1) is 7.62. The SMILES string of the molecule is CCCCCCCCCC(C)(N)CCOC. The number of hydrogen-bond acceptors (Lipinski definition) is 2. The Morgan fingerprint density at radius 3 is 2.06 bits per heavy atom. The number of methoxy groups -OCH3 is 1. The first-order valence-corrected chi connectivity index (χ1v) is 6.90. The van der Waals surface area contributed by atoms with Gasteiger partial charge in [-0.05, 0) is 19.8 Å². The highest BCUT2D eigenvalue weighted by Gasteiger charge is 2.16. The summed E-state index contributed by atoms with van der Waals surface area (Å²) in [4.78, 5) is 0. The molecule has 1 unspecified atom stereocenters. The predicted octanol–water partition coefficient (Wildman–Crippen LogP) is 3.88. The standard InChI is InChI=1S/C14H31NO/c1-4-5-6-7-8-9-10-11-14(2,15)12-13-16-3/h4-13,15H2,1-3H3. The fourth-order valence-electron chi connectivity index (χ4n) is 1.95. The van der Waals surface area contributed by atoms with Gasteiger partial charge in [0.25, 0.3) is 0 Å². The molecule has 1 atom stereocenters. The Kier molecular flexibility index (Phi) is 10.0. The molecule has 0 aliphatic heterocycles. The fourth-order valence-corrected chi connectivity index (χ4v) is 1.95. The molecule has 0 bridgehead atoms. The van der Waals surface area contributed by atoms with Crippen molar-refractivity contribution in [3.8, 4) is 0 Å². The Morgan fingerprint density at radius 1 is 0.938 bits per heavy atom. The monoisotopic (exact) mass is 229 g/mol. The summed E-state index contributed by atoms with van der Waals surface area (Å²) >= 11 is 0. The maximum absolute atomic E-state index is 6.19. The van der Waals surface area contributed by atoms with Gasteiger partial charge in [0, 0.05) is 19.3 Å². The van der Waals surface area contributed by atoms with E-state index in [1.54, 1.807) is 7.11 Å². The summed E-state index contributed by atoms with van der Waals surface area (Å²) in [6, 6.07) is 0. The third-order valence-electron chi connectivity index (χ3n) is 3.23. The quantitative estimate of drug-likeness (QED) is 0.546. The highest BCUT2D eigenvalue weighted by atomic mass is 16.5. The van der Waals surface area contributed by atoms with Crippen molar-refractivity contribution < 1.29 is 4.74 Å². The van der Waals surface area contributed by atoms with E-state index in [1.165, 1.54) is 44.9 Å². The molecule has 0 radical (unpaired) electrons. The fraction of sp³-hybridized carbons (Fsp3) is 1.00. The minimum Gasteiger partial charge on any atom is -0.385 e. The Morgan fingerprint density at radius 2 is 1.50 bits per heavy atom. The smallest absolute Gasteiger partial charge is 0.0479 e. The van der Waals surface area contributed by atoms with Gasteiger partial charge in [0.1, 0.15) is 0 Å². The van der Waals surface area contributed by atoms with Gasteiger partial charge in [0.15, 0.2) is 0 Å². The van der Waals surface area contributed by atoms with Gasteiger partial charge in [-0.15, -0.1) is 0 Å². The lowest BCUT2D eigenvalue weighted by molar-refractivity contribution is 0.168. The maximum atomic E-state index is 6.19. The third-order valence-corrected chi connectivity index (χ3v) is 3.23. The van der Waals surface area contributed by atoms with E-state index in [1.807, 2.05) is 0 Å². The zero-order valence-electron chi connectivity index (χ0n) is 11.6. The Hall–Kier alpha value is -0.0800. The van der Waals surface area contributed by atoms with Crippen molar-refractivity contribution in [2.75, 3.05) is 13.7 Å². The molecule has 0 aliphatic rings. The molecule has 0 amide bonds. The van der Waals surface area contributed by atoms with Crippen LogP contribution in [0.3, 0.4) is 0 Å². The predicted molar refractivity (Wildman–Crippen MR) is 71.7 cm³/mol. The molecule has 0 saturated heterocycles. The van der Waals surface area contributed by atoms with Gasteiger partial charge >= 0.3 is 0 Å². The summed E-state index contributed by atoms with van der Waals surface area (Å²) < 4.78 is 5.07. The molecular formula is C14H31NO. The molecule has 0 spiro atoms. The normalized spacial score (nSPS) is 15.0. The average molecular weight is 229 g/mol. The van der Waals surface area contributed by atoms with Crippen LogP contribution in [0.1, 0.15) is 71.6 Å². The molecule has 98 valence electrons. The molecule has 2 nitrogen and oxygen atoms in total. The zero-order valence-corrected chi connectivity index (χ0v) is 11.6. The van der Waals surface area contributed by atoms with Crippen LogP contribution >= 0.6 is 0 Å². The molecule has 0 aliphatic carbocycles. The van der Waals surface area contributed by atoms with Crippen molar-refractivity contribution in [2.24, 2.45) is 5.73 Å². The van der Waals surface area contributed by atoms with Crippen LogP contribution in [0.2, 0.25) is 0 Å². The van der Waals surface area contributed by atoms with Crippen molar-refractivity contribution in [2.45, 2.75) is 77.2 Å². The minimum atomic E-state index is -0.0283. The first kappa shape index (κ1) is 15.9. The van der Waals surface area contributed by atoms with Crippen LogP contribution in [-0.2, 0) is 4.74 Å². The first-order valence-electron chi connectivity index (χ1n) is 6.90. The van der Waals surface area contributed by atoms with E-state index < -0.39 is 0 Å². The summed E-state index contributed by atoms with van der Waals surface area (Å²) in [6.45, 7) is 5.18. The average Bonchev–Trinajstić information content (AvgIpc) is 2.25. The molecule has 2 N–H and O–H groups in total. The second kappa shape index (κ2) is 10.1. The lowest BCUT2D eigenvalue weighted by Gasteiger charge is -2.24. The van der Waals surface area contributed by atoms with Gasteiger partial charge in [-0.1, -0.05) is 51.9 Å². The summed E-state index contributed by atoms with van der Waals surface area (Å²) in [5.74, 6) is 0. The molecule has 0 saturated carbocycles. The van der Waals surface area contributed by atoms with Crippen LogP contribution in [0, 0.1) is 0 Å². The van der Waals surface area contributed by atoms with E-state index in [9.17, 15) is 0 Å². The van der Waals surface area contributed by atoms with Gasteiger partial charge in [0.2, 0.25) is 0 Å². The second-order valence-electron chi connectivity index (χ2n) is 5.27. The molecule has 0 aromatic heterocycles. The van der Waals surface area contributed by atoms with Crippen molar-refractivity contribution >= 4 is 0 Å². The molecule has 0 heterocycles. The van der Waals surface area contributed by atoms with Crippen molar-refractivity contribution in [3.63, 3.8) is 0 Å². The number of ether oxygens (including phenoxy) is 1. The van der Waals surface area contributed by atoms with E-state index >= 15 is 0 Å². The molecule has 16 heavy (non-hydrogen) atoms. The van der Waals surface area contributed by atoms with Crippen LogP contribution in [-0.4, -0.2) is 19.3 Å². The summed E-state index contributed by atoms with van der Waals surface area (Å²) in [5.41, 5.74) is 6.16. The van der Waals surface area contributed by atoms with Gasteiger partial charge in [-0.25, -0.2) is 0 Å². The summed E-state index contributed by atoms with van der Waals surface area (Å²) in [7, 11) is 1.74. The van der Waals surface area contributed by atoms with Crippen molar-refractivity contribution in [3.05, 3.63) is 0 Å². The zero-order chi connectivity index (χ0) is 12.3. The second-order valence-corrected chi connectivity index (χ2v) is 5.27. The molecule has 0 aromatic carbocycles.